The van der Waals surface area contributed by atoms with Gasteiger partial charge < -0.3 is 10.6 Å². The average Bonchev–Trinajstić information content (AvgIpc) is 3.05. The van der Waals surface area contributed by atoms with Crippen molar-refractivity contribution in [2.75, 3.05) is 4.90 Å². The van der Waals surface area contributed by atoms with E-state index in [0.717, 1.165) is 18.4 Å². The SMILES string of the molecule is CC1=C(\C=C/C=C\C(C)=C\N)C(c2cc(-c3ccccc3)cc3c2[B]c2cccc4c2N3c2ccccc2C4(C)C)=CCC1. The molecule has 0 amide bonds. The zero-order valence-corrected chi connectivity index (χ0v) is 26.1. The van der Waals surface area contributed by atoms with Gasteiger partial charge >= 0.3 is 0 Å². The average molecular weight is 570 g/mol. The molecular weight excluding hydrogens is 531 g/mol. The van der Waals surface area contributed by atoms with Gasteiger partial charge in [-0.2, -0.15) is 0 Å². The number of nitrogens with zero attached hydrogens (tertiary/aromatic N) is 1. The number of fused-ring (bicyclic) bond motifs is 4. The third-order valence-corrected chi connectivity index (χ3v) is 9.49. The van der Waals surface area contributed by atoms with E-state index < -0.39 is 0 Å². The Balaban J connectivity index is 1.48. The standard InChI is InChI=1S/C41H38BN2/c1-27(26-43)14-8-9-18-31-28(2)15-12-19-32(31)33-24-30(29-16-6-5-7-17-29)25-38-39(33)42-36-22-13-21-35-40(36)44(38)37-23-11-10-20-34(37)41(35,3)4/h5-11,13-14,16-26H,12,15,43H2,1-4H3/b14-8-,18-9-,27-26+. The lowest BCUT2D eigenvalue weighted by molar-refractivity contribution is 0.632. The van der Waals surface area contributed by atoms with Crippen molar-refractivity contribution in [2.45, 2.75) is 46.0 Å². The summed E-state index contributed by atoms with van der Waals surface area (Å²) in [5.41, 5.74) is 23.5. The molecule has 215 valence electrons. The minimum Gasteiger partial charge on any atom is -0.404 e. The van der Waals surface area contributed by atoms with Gasteiger partial charge in [0.15, 0.2) is 7.28 Å². The quantitative estimate of drug-likeness (QED) is 0.169. The van der Waals surface area contributed by atoms with Crippen LogP contribution in [-0.4, -0.2) is 7.28 Å². The van der Waals surface area contributed by atoms with Gasteiger partial charge in [0.2, 0.25) is 0 Å². The normalized spacial score (nSPS) is 16.9. The third kappa shape index (κ3) is 4.59. The minimum atomic E-state index is -0.0989. The van der Waals surface area contributed by atoms with Crippen LogP contribution in [0.25, 0.3) is 16.7 Å². The maximum absolute atomic E-state index is 5.70. The molecule has 0 aromatic heterocycles. The predicted molar refractivity (Wildman–Crippen MR) is 190 cm³/mol. The first-order chi connectivity index (χ1) is 21.4. The van der Waals surface area contributed by atoms with Crippen LogP contribution < -0.4 is 21.6 Å². The zero-order chi connectivity index (χ0) is 30.4. The number of nitrogens with two attached hydrogens (primary N) is 1. The largest absolute Gasteiger partial charge is 0.404 e. The van der Waals surface area contributed by atoms with E-state index in [4.69, 9.17) is 5.73 Å². The van der Waals surface area contributed by atoms with Gasteiger partial charge in [-0.3, -0.25) is 0 Å². The lowest BCUT2D eigenvalue weighted by Gasteiger charge is -2.46. The van der Waals surface area contributed by atoms with Gasteiger partial charge in [0.05, 0.1) is 5.69 Å². The number of para-hydroxylation sites is 2. The van der Waals surface area contributed by atoms with Crippen molar-refractivity contribution >= 4 is 40.8 Å². The summed E-state index contributed by atoms with van der Waals surface area (Å²) in [4.78, 5) is 2.54. The van der Waals surface area contributed by atoms with Crippen molar-refractivity contribution in [3.05, 3.63) is 155 Å². The molecule has 4 aromatic rings. The molecule has 2 aliphatic heterocycles. The summed E-state index contributed by atoms with van der Waals surface area (Å²) in [5, 5.41) is 0. The van der Waals surface area contributed by atoms with Gasteiger partial charge in [-0.25, -0.2) is 0 Å². The van der Waals surface area contributed by atoms with Crippen LogP contribution in [0.3, 0.4) is 0 Å². The topological polar surface area (TPSA) is 29.3 Å². The molecule has 0 spiro atoms. The molecule has 3 aliphatic rings. The van der Waals surface area contributed by atoms with Crippen LogP contribution in [0.5, 0.6) is 0 Å². The van der Waals surface area contributed by atoms with Crippen LogP contribution in [0.1, 0.15) is 57.2 Å². The Morgan fingerprint density at radius 2 is 1.64 bits per heavy atom. The monoisotopic (exact) mass is 569 g/mol. The first kappa shape index (κ1) is 28.0. The number of rotatable bonds is 5. The van der Waals surface area contributed by atoms with E-state index in [1.807, 2.05) is 13.0 Å². The summed E-state index contributed by atoms with van der Waals surface area (Å²) in [5.74, 6) is 0. The third-order valence-electron chi connectivity index (χ3n) is 9.49. The summed E-state index contributed by atoms with van der Waals surface area (Å²) >= 11 is 0. The second kappa shape index (κ2) is 11.1. The second-order valence-corrected chi connectivity index (χ2v) is 12.7. The van der Waals surface area contributed by atoms with Crippen molar-refractivity contribution in [3.8, 4) is 11.1 Å². The summed E-state index contributed by atoms with van der Waals surface area (Å²) in [6.07, 6.45) is 14.7. The molecule has 0 fully saturated rings. The number of allylic oxidation sites excluding steroid dienone is 9. The van der Waals surface area contributed by atoms with Gasteiger partial charge in [-0.05, 0) is 95.6 Å². The maximum atomic E-state index is 5.70. The van der Waals surface area contributed by atoms with E-state index >= 15 is 0 Å². The Morgan fingerprint density at radius 3 is 2.45 bits per heavy atom. The highest BCUT2D eigenvalue weighted by Crippen LogP contribution is 2.52. The molecule has 7 rings (SSSR count). The maximum Gasteiger partial charge on any atom is 0.197 e. The summed E-state index contributed by atoms with van der Waals surface area (Å²) < 4.78 is 0. The zero-order valence-electron chi connectivity index (χ0n) is 26.1. The molecule has 44 heavy (non-hydrogen) atoms. The van der Waals surface area contributed by atoms with E-state index in [-0.39, 0.29) is 5.41 Å². The van der Waals surface area contributed by atoms with Crippen molar-refractivity contribution in [1.82, 2.24) is 0 Å². The molecular formula is C41H38BN2. The Kier molecular flexibility index (Phi) is 7.05. The van der Waals surface area contributed by atoms with Crippen molar-refractivity contribution in [2.24, 2.45) is 5.73 Å². The molecule has 0 atom stereocenters. The lowest BCUT2D eigenvalue weighted by Crippen LogP contribution is -2.46. The molecule has 0 bridgehead atoms. The minimum absolute atomic E-state index is 0.0989. The Bertz CT molecular complexity index is 1930. The predicted octanol–water partition coefficient (Wildman–Crippen LogP) is 8.90. The lowest BCUT2D eigenvalue weighted by atomic mass is 9.55. The molecule has 2 N–H and O–H groups in total. The molecule has 1 radical (unpaired) electrons. The first-order valence-corrected chi connectivity index (χ1v) is 15.6. The van der Waals surface area contributed by atoms with E-state index in [1.165, 1.54) is 72.5 Å². The van der Waals surface area contributed by atoms with Crippen LogP contribution in [0.2, 0.25) is 0 Å². The van der Waals surface area contributed by atoms with E-state index in [1.54, 1.807) is 6.20 Å². The van der Waals surface area contributed by atoms with Gasteiger partial charge in [0, 0.05) is 16.8 Å². The van der Waals surface area contributed by atoms with Crippen molar-refractivity contribution in [3.63, 3.8) is 0 Å². The highest BCUT2D eigenvalue weighted by Gasteiger charge is 2.41. The van der Waals surface area contributed by atoms with Crippen LogP contribution in [0.15, 0.2) is 138 Å². The molecule has 2 nitrogen and oxygen atoms in total. The Labute approximate surface area is 262 Å². The van der Waals surface area contributed by atoms with Crippen LogP contribution in [-0.2, 0) is 5.41 Å². The number of hydrogen-bond acceptors (Lipinski definition) is 2. The second-order valence-electron chi connectivity index (χ2n) is 12.7. The van der Waals surface area contributed by atoms with E-state index in [9.17, 15) is 0 Å². The highest BCUT2D eigenvalue weighted by molar-refractivity contribution is 6.72. The van der Waals surface area contributed by atoms with Crippen LogP contribution >= 0.6 is 0 Å². The number of benzene rings is 4. The highest BCUT2D eigenvalue weighted by atomic mass is 15.2. The fraction of sp³-hybridized carbons (Fsp3) is 0.171. The summed E-state index contributed by atoms with van der Waals surface area (Å²) in [6.45, 7) is 9.01. The number of anilines is 3. The first-order valence-electron chi connectivity index (χ1n) is 15.6. The van der Waals surface area contributed by atoms with Gasteiger partial charge in [-0.15, -0.1) is 0 Å². The smallest absolute Gasteiger partial charge is 0.197 e. The van der Waals surface area contributed by atoms with E-state index in [0.29, 0.717) is 0 Å². The van der Waals surface area contributed by atoms with Gasteiger partial charge in [0.25, 0.3) is 0 Å². The van der Waals surface area contributed by atoms with Gasteiger partial charge in [0.1, 0.15) is 0 Å². The summed E-state index contributed by atoms with van der Waals surface area (Å²) in [6, 6.07) is 31.4. The molecule has 1 aliphatic carbocycles. The van der Waals surface area contributed by atoms with Crippen LogP contribution in [0, 0.1) is 0 Å². The Morgan fingerprint density at radius 1 is 0.864 bits per heavy atom. The number of hydrogen-bond donors (Lipinski definition) is 1. The van der Waals surface area contributed by atoms with Crippen molar-refractivity contribution in [1.29, 1.82) is 0 Å². The molecule has 2 heterocycles. The fourth-order valence-corrected chi connectivity index (χ4v) is 7.10. The summed E-state index contributed by atoms with van der Waals surface area (Å²) in [7, 11) is 2.43. The fourth-order valence-electron chi connectivity index (χ4n) is 7.10. The van der Waals surface area contributed by atoms with Crippen molar-refractivity contribution < 1.29 is 0 Å². The molecule has 0 unspecified atom stereocenters. The van der Waals surface area contributed by atoms with E-state index in [2.05, 4.69) is 142 Å². The van der Waals surface area contributed by atoms with Crippen LogP contribution in [0.4, 0.5) is 17.1 Å². The molecule has 0 saturated carbocycles. The van der Waals surface area contributed by atoms with Gasteiger partial charge in [-0.1, -0.05) is 127 Å². The molecule has 0 saturated heterocycles. The Hall–Kier alpha value is -4.76. The molecule has 3 heteroatoms. The molecule has 4 aromatic carbocycles.